The van der Waals surface area contributed by atoms with Crippen molar-refractivity contribution in [3.05, 3.63) is 46.8 Å². The molecule has 0 aliphatic heterocycles. The van der Waals surface area contributed by atoms with E-state index in [1.165, 1.54) is 11.8 Å². The first-order chi connectivity index (χ1) is 12.0. The molecule has 0 N–H and O–H groups in total. The van der Waals surface area contributed by atoms with Crippen LogP contribution in [-0.2, 0) is 11.3 Å². The average molecular weight is 379 g/mol. The van der Waals surface area contributed by atoms with Gasteiger partial charge in [0.2, 0.25) is 11.8 Å². The number of halogens is 1. The van der Waals surface area contributed by atoms with Crippen molar-refractivity contribution in [2.45, 2.75) is 18.7 Å². The van der Waals surface area contributed by atoms with Crippen LogP contribution in [0.15, 0.2) is 44.5 Å². The number of hydrogen-bond acceptors (Lipinski definition) is 7. The van der Waals surface area contributed by atoms with Crippen LogP contribution >= 0.6 is 23.4 Å². The highest BCUT2D eigenvalue weighted by molar-refractivity contribution is 7.99. The Kier molecular flexibility index (Phi) is 5.40. The van der Waals surface area contributed by atoms with Crippen molar-refractivity contribution in [2.24, 2.45) is 0 Å². The van der Waals surface area contributed by atoms with Gasteiger partial charge >= 0.3 is 0 Å². The Morgan fingerprint density at radius 3 is 2.72 bits per heavy atom. The van der Waals surface area contributed by atoms with Crippen LogP contribution in [0, 0.1) is 6.92 Å². The molecule has 0 saturated carbocycles. The number of nitrogens with zero attached hydrogens (tertiary/aromatic N) is 4. The first-order valence-electron chi connectivity index (χ1n) is 7.39. The molecule has 0 fully saturated rings. The van der Waals surface area contributed by atoms with E-state index in [4.69, 9.17) is 20.5 Å². The molecular weight excluding hydrogens is 364 g/mol. The number of rotatable bonds is 6. The minimum Gasteiger partial charge on any atom is -0.411 e. The number of carbonyl (C=O) groups excluding carboxylic acids is 1. The minimum absolute atomic E-state index is 0.0723. The van der Waals surface area contributed by atoms with Gasteiger partial charge in [-0.3, -0.25) is 4.79 Å². The van der Waals surface area contributed by atoms with Gasteiger partial charge in [0.05, 0.1) is 12.3 Å². The Balaban J connectivity index is 1.54. The quantitative estimate of drug-likeness (QED) is 0.607. The maximum absolute atomic E-state index is 12.2. The number of benzene rings is 1. The Morgan fingerprint density at radius 2 is 2.04 bits per heavy atom. The van der Waals surface area contributed by atoms with Crippen LogP contribution in [0.3, 0.4) is 0 Å². The van der Waals surface area contributed by atoms with Crippen LogP contribution < -0.4 is 0 Å². The van der Waals surface area contributed by atoms with E-state index in [-0.39, 0.29) is 11.7 Å². The van der Waals surface area contributed by atoms with E-state index in [9.17, 15) is 4.79 Å². The number of thioether (sulfide) groups is 1. The molecule has 3 aromatic rings. The second-order valence-electron chi connectivity index (χ2n) is 5.35. The summed E-state index contributed by atoms with van der Waals surface area (Å²) in [6.45, 7) is 2.19. The third-order valence-corrected chi connectivity index (χ3v) is 4.37. The first-order valence-corrected chi connectivity index (χ1v) is 8.76. The molecule has 0 bridgehead atoms. The molecule has 7 nitrogen and oxygen atoms in total. The van der Waals surface area contributed by atoms with Crippen molar-refractivity contribution in [1.29, 1.82) is 0 Å². The van der Waals surface area contributed by atoms with Gasteiger partial charge in [-0.2, -0.15) is 0 Å². The standard InChI is InChI=1S/C16H15ClN4O3S/c1-10-7-13(20-24-10)8-21(2)14(22)9-25-16-19-18-15(23-16)11-3-5-12(17)6-4-11/h3-7H,8-9H2,1-2H3. The summed E-state index contributed by atoms with van der Waals surface area (Å²) in [5, 5.41) is 12.8. The van der Waals surface area contributed by atoms with Crippen molar-refractivity contribution in [1.82, 2.24) is 20.3 Å². The lowest BCUT2D eigenvalue weighted by Gasteiger charge is -2.14. The summed E-state index contributed by atoms with van der Waals surface area (Å²) in [5.74, 6) is 1.22. The lowest BCUT2D eigenvalue weighted by atomic mass is 10.2. The zero-order valence-corrected chi connectivity index (χ0v) is 15.2. The summed E-state index contributed by atoms with van der Waals surface area (Å²) < 4.78 is 10.6. The third-order valence-electron chi connectivity index (χ3n) is 3.32. The van der Waals surface area contributed by atoms with E-state index in [1.54, 1.807) is 42.3 Å². The van der Waals surface area contributed by atoms with Crippen molar-refractivity contribution >= 4 is 29.3 Å². The van der Waals surface area contributed by atoms with Crippen molar-refractivity contribution in [3.63, 3.8) is 0 Å². The van der Waals surface area contributed by atoms with E-state index in [2.05, 4.69) is 15.4 Å². The zero-order chi connectivity index (χ0) is 17.8. The molecule has 1 aromatic carbocycles. The summed E-state index contributed by atoms with van der Waals surface area (Å²) in [4.78, 5) is 13.8. The molecule has 3 rings (SSSR count). The van der Waals surface area contributed by atoms with Crippen molar-refractivity contribution in [2.75, 3.05) is 12.8 Å². The van der Waals surface area contributed by atoms with E-state index >= 15 is 0 Å². The molecule has 0 unspecified atom stereocenters. The van der Waals surface area contributed by atoms with Gasteiger partial charge in [0.15, 0.2) is 0 Å². The van der Waals surface area contributed by atoms with Crippen LogP contribution in [0.5, 0.6) is 0 Å². The first kappa shape index (κ1) is 17.5. The third kappa shape index (κ3) is 4.61. The fourth-order valence-electron chi connectivity index (χ4n) is 2.03. The number of hydrogen-bond donors (Lipinski definition) is 0. The summed E-state index contributed by atoms with van der Waals surface area (Å²) in [6.07, 6.45) is 0. The molecule has 130 valence electrons. The summed E-state index contributed by atoms with van der Waals surface area (Å²) in [7, 11) is 1.71. The highest BCUT2D eigenvalue weighted by atomic mass is 35.5. The topological polar surface area (TPSA) is 85.3 Å². The van der Waals surface area contributed by atoms with Gasteiger partial charge in [0, 0.05) is 23.7 Å². The normalized spacial score (nSPS) is 10.8. The molecular formula is C16H15ClN4O3S. The van der Waals surface area contributed by atoms with Gasteiger partial charge in [0.25, 0.3) is 5.22 Å². The zero-order valence-electron chi connectivity index (χ0n) is 13.6. The maximum atomic E-state index is 12.2. The second kappa shape index (κ2) is 7.71. The lowest BCUT2D eigenvalue weighted by Crippen LogP contribution is -2.27. The van der Waals surface area contributed by atoms with E-state index in [0.717, 1.165) is 5.56 Å². The lowest BCUT2D eigenvalue weighted by molar-refractivity contribution is -0.127. The largest absolute Gasteiger partial charge is 0.411 e. The summed E-state index contributed by atoms with van der Waals surface area (Å²) >= 11 is 7.04. The van der Waals surface area contributed by atoms with Crippen LogP contribution in [0.4, 0.5) is 0 Å². The van der Waals surface area contributed by atoms with Crippen LogP contribution in [0.25, 0.3) is 11.5 Å². The molecule has 2 aromatic heterocycles. The maximum Gasteiger partial charge on any atom is 0.277 e. The predicted octanol–water partition coefficient (Wildman–Crippen LogP) is 3.44. The summed E-state index contributed by atoms with van der Waals surface area (Å²) in [6, 6.07) is 8.88. The molecule has 9 heteroatoms. The molecule has 0 atom stereocenters. The molecule has 0 radical (unpaired) electrons. The molecule has 2 heterocycles. The highest BCUT2D eigenvalue weighted by Crippen LogP contribution is 2.24. The van der Waals surface area contributed by atoms with Crippen LogP contribution in [0.2, 0.25) is 5.02 Å². The minimum atomic E-state index is -0.0723. The van der Waals surface area contributed by atoms with Gasteiger partial charge in [-0.1, -0.05) is 28.5 Å². The smallest absolute Gasteiger partial charge is 0.277 e. The Bertz CT molecular complexity index is 862. The van der Waals surface area contributed by atoms with E-state index in [1.807, 2.05) is 6.92 Å². The molecule has 25 heavy (non-hydrogen) atoms. The fraction of sp³-hybridized carbons (Fsp3) is 0.250. The van der Waals surface area contributed by atoms with Gasteiger partial charge < -0.3 is 13.8 Å². The molecule has 0 saturated heterocycles. The Labute approximate surface area is 153 Å². The van der Waals surface area contributed by atoms with Gasteiger partial charge in [0.1, 0.15) is 11.5 Å². The van der Waals surface area contributed by atoms with Crippen molar-refractivity contribution in [3.8, 4) is 11.5 Å². The number of aromatic nitrogens is 3. The molecule has 1 amide bonds. The number of aryl methyl sites for hydroxylation is 1. The molecule has 0 spiro atoms. The van der Waals surface area contributed by atoms with Gasteiger partial charge in [-0.15, -0.1) is 10.2 Å². The summed E-state index contributed by atoms with van der Waals surface area (Å²) in [5.41, 5.74) is 1.48. The number of carbonyl (C=O) groups is 1. The van der Waals surface area contributed by atoms with E-state index < -0.39 is 0 Å². The highest BCUT2D eigenvalue weighted by Gasteiger charge is 2.15. The monoisotopic (exact) mass is 378 g/mol. The fourth-order valence-corrected chi connectivity index (χ4v) is 2.86. The SMILES string of the molecule is Cc1cc(CN(C)C(=O)CSc2nnc(-c3ccc(Cl)cc3)o2)no1. The van der Waals surface area contributed by atoms with Gasteiger partial charge in [-0.05, 0) is 31.2 Å². The van der Waals surface area contributed by atoms with Crippen molar-refractivity contribution < 1.29 is 13.7 Å². The predicted molar refractivity (Wildman–Crippen MR) is 93.2 cm³/mol. The molecule has 0 aliphatic rings. The second-order valence-corrected chi connectivity index (χ2v) is 6.71. The molecule has 0 aliphatic carbocycles. The Hall–Kier alpha value is -2.32. The average Bonchev–Trinajstić information content (AvgIpc) is 3.22. The van der Waals surface area contributed by atoms with E-state index in [0.29, 0.717) is 34.1 Å². The van der Waals surface area contributed by atoms with Crippen LogP contribution in [-0.4, -0.2) is 39.0 Å². The Morgan fingerprint density at radius 1 is 1.28 bits per heavy atom. The van der Waals surface area contributed by atoms with Crippen LogP contribution in [0.1, 0.15) is 11.5 Å². The van der Waals surface area contributed by atoms with Gasteiger partial charge in [-0.25, -0.2) is 0 Å². The number of amides is 1.